The number of alkyl halides is 1. The van der Waals surface area contributed by atoms with Crippen LogP contribution in [-0.2, 0) is 0 Å². The Morgan fingerprint density at radius 2 is 1.89 bits per heavy atom. The van der Waals surface area contributed by atoms with Crippen LogP contribution in [-0.4, -0.2) is 0 Å². The molecule has 0 amide bonds. The lowest BCUT2D eigenvalue weighted by Gasteiger charge is -2.09. The standard InChI is InChI=1S/C14H9BrFNO/c15-12(9-17)10-6-7-13(16)14(8-10)18-11-4-2-1-3-5-11/h1-8,12H. The lowest BCUT2D eigenvalue weighted by molar-refractivity contribution is 0.441. The van der Waals surface area contributed by atoms with Crippen molar-refractivity contribution in [3.05, 3.63) is 59.9 Å². The molecule has 2 aromatic rings. The lowest BCUT2D eigenvalue weighted by Crippen LogP contribution is -1.92. The van der Waals surface area contributed by atoms with Gasteiger partial charge in [0.05, 0.1) is 6.07 Å². The van der Waals surface area contributed by atoms with Crippen LogP contribution in [0.5, 0.6) is 11.5 Å². The van der Waals surface area contributed by atoms with Gasteiger partial charge < -0.3 is 4.74 Å². The van der Waals surface area contributed by atoms with E-state index in [9.17, 15) is 4.39 Å². The van der Waals surface area contributed by atoms with Gasteiger partial charge in [-0.15, -0.1) is 0 Å². The quantitative estimate of drug-likeness (QED) is 0.778. The smallest absolute Gasteiger partial charge is 0.165 e. The zero-order valence-electron chi connectivity index (χ0n) is 9.31. The van der Waals surface area contributed by atoms with Gasteiger partial charge in [0, 0.05) is 0 Å². The molecule has 0 N–H and O–H groups in total. The van der Waals surface area contributed by atoms with Crippen molar-refractivity contribution >= 4 is 15.9 Å². The maximum absolute atomic E-state index is 13.6. The Labute approximate surface area is 113 Å². The van der Waals surface area contributed by atoms with Crippen molar-refractivity contribution in [2.75, 3.05) is 0 Å². The number of rotatable bonds is 3. The van der Waals surface area contributed by atoms with E-state index in [1.165, 1.54) is 12.1 Å². The molecule has 0 aliphatic rings. The molecule has 2 aromatic carbocycles. The first-order valence-electron chi connectivity index (χ1n) is 5.27. The Hall–Kier alpha value is -1.86. The highest BCUT2D eigenvalue weighted by Crippen LogP contribution is 2.30. The summed E-state index contributed by atoms with van der Waals surface area (Å²) < 4.78 is 19.0. The van der Waals surface area contributed by atoms with Crippen LogP contribution in [0, 0.1) is 17.1 Å². The Morgan fingerprint density at radius 3 is 2.56 bits per heavy atom. The second-order valence-electron chi connectivity index (χ2n) is 3.60. The van der Waals surface area contributed by atoms with Crippen LogP contribution in [0.1, 0.15) is 10.4 Å². The molecular formula is C14H9BrFNO. The first kappa shape index (κ1) is 12.6. The van der Waals surface area contributed by atoms with Crippen molar-refractivity contribution in [1.82, 2.24) is 0 Å². The Bertz CT molecular complexity index is 580. The summed E-state index contributed by atoms with van der Waals surface area (Å²) in [7, 11) is 0. The molecule has 18 heavy (non-hydrogen) atoms. The third-order valence-electron chi connectivity index (χ3n) is 2.33. The molecule has 2 rings (SSSR count). The minimum atomic E-state index is -0.476. The van der Waals surface area contributed by atoms with Crippen molar-refractivity contribution < 1.29 is 9.13 Å². The number of hydrogen-bond acceptors (Lipinski definition) is 2. The Balaban J connectivity index is 2.30. The van der Waals surface area contributed by atoms with E-state index in [4.69, 9.17) is 10.00 Å². The van der Waals surface area contributed by atoms with E-state index in [2.05, 4.69) is 15.9 Å². The van der Waals surface area contributed by atoms with Crippen LogP contribution in [0.25, 0.3) is 0 Å². The van der Waals surface area contributed by atoms with Gasteiger partial charge in [-0.25, -0.2) is 4.39 Å². The average Bonchev–Trinajstić information content (AvgIpc) is 2.41. The summed E-state index contributed by atoms with van der Waals surface area (Å²) in [6.07, 6.45) is 0. The van der Waals surface area contributed by atoms with Crippen LogP contribution in [0.15, 0.2) is 48.5 Å². The molecule has 4 heteroatoms. The number of benzene rings is 2. The molecule has 0 saturated carbocycles. The molecule has 0 aliphatic carbocycles. The molecule has 0 bridgehead atoms. The van der Waals surface area contributed by atoms with E-state index in [0.29, 0.717) is 11.3 Å². The normalized spacial score (nSPS) is 11.6. The summed E-state index contributed by atoms with van der Waals surface area (Å²) in [6, 6.07) is 15.3. The van der Waals surface area contributed by atoms with Crippen LogP contribution in [0.4, 0.5) is 4.39 Å². The number of para-hydroxylation sites is 1. The molecule has 90 valence electrons. The monoisotopic (exact) mass is 305 g/mol. The van der Waals surface area contributed by atoms with Gasteiger partial charge in [0.25, 0.3) is 0 Å². The number of hydrogen-bond donors (Lipinski definition) is 0. The number of nitrogens with zero attached hydrogens (tertiary/aromatic N) is 1. The van der Waals surface area contributed by atoms with Gasteiger partial charge in [-0.05, 0) is 29.8 Å². The highest BCUT2D eigenvalue weighted by atomic mass is 79.9. The predicted molar refractivity (Wildman–Crippen MR) is 70.2 cm³/mol. The molecule has 1 unspecified atom stereocenters. The molecule has 0 fully saturated rings. The van der Waals surface area contributed by atoms with Gasteiger partial charge in [0.1, 0.15) is 10.6 Å². The van der Waals surface area contributed by atoms with Gasteiger partial charge in [-0.3, -0.25) is 0 Å². The third kappa shape index (κ3) is 2.88. The van der Waals surface area contributed by atoms with Crippen molar-refractivity contribution in [3.63, 3.8) is 0 Å². The molecule has 0 radical (unpaired) electrons. The van der Waals surface area contributed by atoms with E-state index in [1.54, 1.807) is 30.3 Å². The number of nitriles is 1. The summed E-state index contributed by atoms with van der Waals surface area (Å²) in [5.41, 5.74) is 0.657. The number of ether oxygens (including phenoxy) is 1. The maximum atomic E-state index is 13.6. The summed E-state index contributed by atoms with van der Waals surface area (Å²) in [5, 5.41) is 8.81. The van der Waals surface area contributed by atoms with E-state index in [-0.39, 0.29) is 5.75 Å². The molecular weight excluding hydrogens is 297 g/mol. The van der Waals surface area contributed by atoms with Crippen molar-refractivity contribution in [1.29, 1.82) is 5.26 Å². The number of halogens is 2. The van der Waals surface area contributed by atoms with Gasteiger partial charge >= 0.3 is 0 Å². The van der Waals surface area contributed by atoms with Crippen molar-refractivity contribution in [3.8, 4) is 17.6 Å². The Morgan fingerprint density at radius 1 is 1.17 bits per heavy atom. The van der Waals surface area contributed by atoms with Crippen LogP contribution >= 0.6 is 15.9 Å². The molecule has 0 spiro atoms. The van der Waals surface area contributed by atoms with E-state index in [0.717, 1.165) is 0 Å². The van der Waals surface area contributed by atoms with Crippen LogP contribution < -0.4 is 4.74 Å². The van der Waals surface area contributed by atoms with E-state index in [1.807, 2.05) is 12.1 Å². The molecule has 0 aromatic heterocycles. The van der Waals surface area contributed by atoms with Gasteiger partial charge in [-0.1, -0.05) is 40.2 Å². The van der Waals surface area contributed by atoms with Gasteiger partial charge in [0.2, 0.25) is 0 Å². The topological polar surface area (TPSA) is 33.0 Å². The molecule has 1 atom stereocenters. The van der Waals surface area contributed by atoms with E-state index >= 15 is 0 Å². The average molecular weight is 306 g/mol. The first-order valence-corrected chi connectivity index (χ1v) is 6.18. The molecule has 0 saturated heterocycles. The fourth-order valence-electron chi connectivity index (χ4n) is 1.45. The molecule has 0 heterocycles. The highest BCUT2D eigenvalue weighted by Gasteiger charge is 2.11. The summed E-state index contributed by atoms with van der Waals surface area (Å²) in [5.74, 6) is 0.204. The van der Waals surface area contributed by atoms with Crippen LogP contribution in [0.3, 0.4) is 0 Å². The summed E-state index contributed by atoms with van der Waals surface area (Å²) >= 11 is 3.19. The first-order chi connectivity index (χ1) is 8.70. The predicted octanol–water partition coefficient (Wildman–Crippen LogP) is 4.58. The fraction of sp³-hybridized carbons (Fsp3) is 0.0714. The summed E-state index contributed by atoms with van der Waals surface area (Å²) in [4.78, 5) is -0.476. The van der Waals surface area contributed by atoms with Crippen molar-refractivity contribution in [2.45, 2.75) is 4.83 Å². The van der Waals surface area contributed by atoms with E-state index < -0.39 is 10.6 Å². The Kier molecular flexibility index (Phi) is 3.96. The zero-order valence-corrected chi connectivity index (χ0v) is 10.9. The fourth-order valence-corrected chi connectivity index (χ4v) is 1.73. The van der Waals surface area contributed by atoms with Crippen LogP contribution in [0.2, 0.25) is 0 Å². The maximum Gasteiger partial charge on any atom is 0.165 e. The third-order valence-corrected chi connectivity index (χ3v) is 3.07. The molecule has 0 aliphatic heterocycles. The second-order valence-corrected chi connectivity index (χ2v) is 4.51. The second kappa shape index (κ2) is 5.65. The summed E-state index contributed by atoms with van der Waals surface area (Å²) in [6.45, 7) is 0. The minimum absolute atomic E-state index is 0.110. The minimum Gasteiger partial charge on any atom is -0.454 e. The van der Waals surface area contributed by atoms with Gasteiger partial charge in [-0.2, -0.15) is 5.26 Å². The van der Waals surface area contributed by atoms with Gasteiger partial charge in [0.15, 0.2) is 11.6 Å². The largest absolute Gasteiger partial charge is 0.454 e. The zero-order chi connectivity index (χ0) is 13.0. The van der Waals surface area contributed by atoms with Crippen molar-refractivity contribution in [2.24, 2.45) is 0 Å². The highest BCUT2D eigenvalue weighted by molar-refractivity contribution is 9.09. The molecule has 2 nitrogen and oxygen atoms in total. The lowest BCUT2D eigenvalue weighted by atomic mass is 10.1. The SMILES string of the molecule is N#CC(Br)c1ccc(F)c(Oc2ccccc2)c1.